The molecule has 0 bridgehead atoms. The van der Waals surface area contributed by atoms with Gasteiger partial charge in [-0.15, -0.1) is 0 Å². The van der Waals surface area contributed by atoms with E-state index in [1.165, 1.54) is 7.11 Å². The van der Waals surface area contributed by atoms with Gasteiger partial charge in [0.1, 0.15) is 11.6 Å². The van der Waals surface area contributed by atoms with Crippen molar-refractivity contribution in [3.63, 3.8) is 0 Å². The van der Waals surface area contributed by atoms with E-state index in [0.29, 0.717) is 28.0 Å². The van der Waals surface area contributed by atoms with Crippen molar-refractivity contribution in [2.24, 2.45) is 0 Å². The fourth-order valence-corrected chi connectivity index (χ4v) is 2.24. The van der Waals surface area contributed by atoms with Gasteiger partial charge in [-0.25, -0.2) is 4.98 Å². The summed E-state index contributed by atoms with van der Waals surface area (Å²) in [5.41, 5.74) is 0.502. The van der Waals surface area contributed by atoms with Crippen molar-refractivity contribution in [2.45, 2.75) is 19.8 Å². The van der Waals surface area contributed by atoms with Crippen molar-refractivity contribution >= 4 is 37.3 Å². The van der Waals surface area contributed by atoms with E-state index in [0.717, 1.165) is 0 Å². The number of methoxy groups -OCH3 is 1. The van der Waals surface area contributed by atoms with Gasteiger partial charge in [0.2, 0.25) is 3.79 Å². The van der Waals surface area contributed by atoms with E-state index in [1.54, 1.807) is 34.7 Å². The molecular weight excluding hydrogens is 359 g/mol. The summed E-state index contributed by atoms with van der Waals surface area (Å²) in [7, 11) is 1.51. The van der Waals surface area contributed by atoms with Gasteiger partial charge < -0.3 is 9.72 Å². The first-order chi connectivity index (χ1) is 8.93. The monoisotopic (exact) mass is 372 g/mol. The van der Waals surface area contributed by atoms with E-state index in [1.807, 2.05) is 13.8 Å². The summed E-state index contributed by atoms with van der Waals surface area (Å²) in [4.78, 5) is 30.9. The second kappa shape index (κ2) is 5.28. The zero-order valence-electron chi connectivity index (χ0n) is 10.8. The molecule has 2 aromatic rings. The third-order valence-corrected chi connectivity index (χ3v) is 3.38. The van der Waals surface area contributed by atoms with E-state index in [4.69, 9.17) is 4.74 Å². The Kier molecular flexibility index (Phi) is 3.88. The standard InChI is InChI=1S/C13H13IN2O3/c1-6(2)12-15-9-5-7(19-3)4-8(11(14)17)10(9)13(18)16-12/h4-6H,1-3H3,(H,15,16,18). The number of hydrogen-bond donors (Lipinski definition) is 1. The molecule has 0 saturated carbocycles. The lowest BCUT2D eigenvalue weighted by atomic mass is 10.1. The smallest absolute Gasteiger partial charge is 0.259 e. The SMILES string of the molecule is COc1cc(C(=O)I)c2c(=O)[nH]c(C(C)C)nc2c1. The molecule has 6 heteroatoms. The molecule has 0 fully saturated rings. The molecule has 0 amide bonds. The number of carbonyl (C=O) groups is 1. The van der Waals surface area contributed by atoms with Gasteiger partial charge in [0.05, 0.1) is 18.0 Å². The van der Waals surface area contributed by atoms with Gasteiger partial charge in [-0.2, -0.15) is 0 Å². The van der Waals surface area contributed by atoms with Crippen LogP contribution in [-0.4, -0.2) is 20.9 Å². The molecule has 0 spiro atoms. The Bertz CT molecular complexity index is 707. The largest absolute Gasteiger partial charge is 0.497 e. The number of halogens is 1. The summed E-state index contributed by atoms with van der Waals surface area (Å²) < 4.78 is 4.93. The van der Waals surface area contributed by atoms with Gasteiger partial charge >= 0.3 is 0 Å². The zero-order chi connectivity index (χ0) is 14.2. The predicted molar refractivity (Wildman–Crippen MR) is 81.4 cm³/mol. The Morgan fingerprint density at radius 1 is 1.42 bits per heavy atom. The number of nitrogens with one attached hydrogen (secondary N) is 1. The highest BCUT2D eigenvalue weighted by Crippen LogP contribution is 2.24. The maximum Gasteiger partial charge on any atom is 0.259 e. The number of benzene rings is 1. The number of hydrogen-bond acceptors (Lipinski definition) is 4. The minimum atomic E-state index is -0.295. The predicted octanol–water partition coefficient (Wildman–Crippen LogP) is 2.63. The molecule has 100 valence electrons. The van der Waals surface area contributed by atoms with Crippen molar-refractivity contribution in [3.05, 3.63) is 33.9 Å². The van der Waals surface area contributed by atoms with Crippen molar-refractivity contribution < 1.29 is 9.53 Å². The molecular formula is C13H13IN2O3. The highest BCUT2D eigenvalue weighted by Gasteiger charge is 2.15. The summed E-state index contributed by atoms with van der Waals surface area (Å²) in [6.45, 7) is 3.88. The second-order valence-corrected chi connectivity index (χ2v) is 5.43. The molecule has 0 unspecified atom stereocenters. The van der Waals surface area contributed by atoms with Crippen LogP contribution in [0.5, 0.6) is 5.75 Å². The lowest BCUT2D eigenvalue weighted by Gasteiger charge is -2.09. The number of rotatable bonds is 3. The normalized spacial score (nSPS) is 11.0. The highest BCUT2D eigenvalue weighted by atomic mass is 127. The van der Waals surface area contributed by atoms with E-state index in [2.05, 4.69) is 9.97 Å². The van der Waals surface area contributed by atoms with Crippen molar-refractivity contribution in [3.8, 4) is 5.75 Å². The van der Waals surface area contributed by atoms with Crippen molar-refractivity contribution in [1.29, 1.82) is 0 Å². The third-order valence-electron chi connectivity index (χ3n) is 2.79. The van der Waals surface area contributed by atoms with E-state index in [9.17, 15) is 9.59 Å². The first-order valence-electron chi connectivity index (χ1n) is 5.75. The van der Waals surface area contributed by atoms with E-state index in [-0.39, 0.29) is 15.3 Å². The van der Waals surface area contributed by atoms with Crippen LogP contribution in [0.1, 0.15) is 35.9 Å². The van der Waals surface area contributed by atoms with Crippen LogP contribution in [0.25, 0.3) is 10.9 Å². The van der Waals surface area contributed by atoms with Crippen LogP contribution in [0.4, 0.5) is 0 Å². The van der Waals surface area contributed by atoms with Crippen molar-refractivity contribution in [2.75, 3.05) is 7.11 Å². The van der Waals surface area contributed by atoms with Crippen LogP contribution in [0.15, 0.2) is 16.9 Å². The van der Waals surface area contributed by atoms with Gasteiger partial charge in [0, 0.05) is 40.1 Å². The Labute approximate surface area is 123 Å². The third kappa shape index (κ3) is 2.63. The van der Waals surface area contributed by atoms with Gasteiger partial charge in [0.25, 0.3) is 5.56 Å². The molecule has 1 aromatic carbocycles. The first-order valence-corrected chi connectivity index (χ1v) is 6.83. The molecule has 0 aliphatic carbocycles. The summed E-state index contributed by atoms with van der Waals surface area (Å²) in [6, 6.07) is 3.22. The van der Waals surface area contributed by atoms with Gasteiger partial charge in [-0.1, -0.05) is 13.8 Å². The summed E-state index contributed by atoms with van der Waals surface area (Å²) in [6.07, 6.45) is 0. The number of ether oxygens (including phenoxy) is 1. The maximum atomic E-state index is 12.1. The average molecular weight is 372 g/mol. The summed E-state index contributed by atoms with van der Waals surface area (Å²) in [5.74, 6) is 1.21. The average Bonchev–Trinajstić information content (AvgIpc) is 2.36. The maximum absolute atomic E-state index is 12.1. The van der Waals surface area contributed by atoms with Crippen LogP contribution < -0.4 is 10.3 Å². The molecule has 1 aromatic heterocycles. The number of aromatic nitrogens is 2. The quantitative estimate of drug-likeness (QED) is 0.664. The zero-order valence-corrected chi connectivity index (χ0v) is 12.9. The number of aromatic amines is 1. The lowest BCUT2D eigenvalue weighted by molar-refractivity contribution is 0.110. The molecule has 5 nitrogen and oxygen atoms in total. The van der Waals surface area contributed by atoms with Crippen LogP contribution in [0.2, 0.25) is 0 Å². The first kappa shape index (κ1) is 14.0. The molecule has 1 N–H and O–H groups in total. The fourth-order valence-electron chi connectivity index (χ4n) is 1.81. The van der Waals surface area contributed by atoms with Gasteiger partial charge in [0.15, 0.2) is 0 Å². The number of nitrogens with zero attached hydrogens (tertiary/aromatic N) is 1. The van der Waals surface area contributed by atoms with Gasteiger partial charge in [-0.05, 0) is 6.07 Å². The summed E-state index contributed by atoms with van der Waals surface area (Å²) >= 11 is 1.65. The number of fused-ring (bicyclic) bond motifs is 1. The van der Waals surface area contributed by atoms with E-state index < -0.39 is 0 Å². The minimum absolute atomic E-state index is 0.0991. The molecule has 19 heavy (non-hydrogen) atoms. The highest BCUT2D eigenvalue weighted by molar-refractivity contribution is 14.1. The Morgan fingerprint density at radius 3 is 2.63 bits per heavy atom. The summed E-state index contributed by atoms with van der Waals surface area (Å²) in [5, 5.41) is 0.310. The topological polar surface area (TPSA) is 72.1 Å². The lowest BCUT2D eigenvalue weighted by Crippen LogP contribution is -2.15. The number of carbonyl (C=O) groups excluding carboxylic acids is 1. The fraction of sp³-hybridized carbons (Fsp3) is 0.308. The molecule has 0 aliphatic rings. The van der Waals surface area contributed by atoms with Crippen LogP contribution in [0.3, 0.4) is 0 Å². The Morgan fingerprint density at radius 2 is 2.11 bits per heavy atom. The molecule has 2 rings (SSSR count). The second-order valence-electron chi connectivity index (χ2n) is 4.45. The minimum Gasteiger partial charge on any atom is -0.497 e. The molecule has 0 saturated heterocycles. The van der Waals surface area contributed by atoms with Crippen molar-refractivity contribution in [1.82, 2.24) is 9.97 Å². The van der Waals surface area contributed by atoms with Gasteiger partial charge in [-0.3, -0.25) is 9.59 Å². The van der Waals surface area contributed by atoms with E-state index >= 15 is 0 Å². The molecule has 0 radical (unpaired) electrons. The molecule has 0 aliphatic heterocycles. The van der Waals surface area contributed by atoms with Crippen LogP contribution in [-0.2, 0) is 0 Å². The van der Waals surface area contributed by atoms with Crippen LogP contribution >= 0.6 is 22.6 Å². The Hall–Kier alpha value is -1.44. The molecule has 1 heterocycles. The van der Waals surface area contributed by atoms with Crippen LogP contribution in [0, 0.1) is 0 Å². The number of H-pyrrole nitrogens is 1. The molecule has 0 atom stereocenters. The Balaban J connectivity index is 2.89.